The van der Waals surface area contributed by atoms with E-state index in [9.17, 15) is 4.79 Å². The lowest BCUT2D eigenvalue weighted by molar-refractivity contribution is -0.142. The van der Waals surface area contributed by atoms with E-state index in [-0.39, 0.29) is 12.4 Å². The highest BCUT2D eigenvalue weighted by Crippen LogP contribution is 2.24. The van der Waals surface area contributed by atoms with Crippen LogP contribution in [0.2, 0.25) is 0 Å². The van der Waals surface area contributed by atoms with Gasteiger partial charge in [0, 0.05) is 18.0 Å². The van der Waals surface area contributed by atoms with Crippen LogP contribution in [0.5, 0.6) is 11.5 Å². The summed E-state index contributed by atoms with van der Waals surface area (Å²) in [5.74, 6) is 1.06. The van der Waals surface area contributed by atoms with Crippen LogP contribution in [0.25, 0.3) is 0 Å². The van der Waals surface area contributed by atoms with Crippen molar-refractivity contribution in [1.29, 1.82) is 0 Å². The lowest BCUT2D eigenvalue weighted by Gasteiger charge is -2.10. The molecule has 0 aliphatic carbocycles. The van der Waals surface area contributed by atoms with E-state index in [0.717, 1.165) is 24.0 Å². The third-order valence-corrected chi connectivity index (χ3v) is 3.42. The number of hydrogen-bond acceptors (Lipinski definition) is 5. The number of carbonyl (C=O) groups is 1. The first kappa shape index (κ1) is 16.8. The lowest BCUT2D eigenvalue weighted by atomic mass is 10.1. The third-order valence-electron chi connectivity index (χ3n) is 3.42. The average molecular weight is 315 g/mol. The zero-order valence-corrected chi connectivity index (χ0v) is 13.5. The van der Waals surface area contributed by atoms with Crippen molar-refractivity contribution in [2.75, 3.05) is 20.8 Å². The first-order chi connectivity index (χ1) is 11.2. The summed E-state index contributed by atoms with van der Waals surface area (Å²) in [5, 5.41) is 0. The molecule has 0 N–H and O–H groups in total. The van der Waals surface area contributed by atoms with Crippen LogP contribution in [0.1, 0.15) is 17.5 Å². The van der Waals surface area contributed by atoms with Gasteiger partial charge in [0.05, 0.1) is 27.2 Å². The number of benzene rings is 1. The topological polar surface area (TPSA) is 57.7 Å². The van der Waals surface area contributed by atoms with Crippen molar-refractivity contribution in [3.05, 3.63) is 53.9 Å². The Kier molecular flexibility index (Phi) is 6.41. The fourth-order valence-corrected chi connectivity index (χ4v) is 2.23. The second kappa shape index (κ2) is 8.78. The van der Waals surface area contributed by atoms with Crippen molar-refractivity contribution in [2.45, 2.75) is 19.3 Å². The molecule has 122 valence electrons. The maximum absolute atomic E-state index is 12.0. The van der Waals surface area contributed by atoms with Gasteiger partial charge in [0.25, 0.3) is 0 Å². The van der Waals surface area contributed by atoms with E-state index in [2.05, 4.69) is 4.98 Å². The number of carbonyl (C=O) groups excluding carboxylic acids is 1. The van der Waals surface area contributed by atoms with Crippen molar-refractivity contribution >= 4 is 5.97 Å². The van der Waals surface area contributed by atoms with Gasteiger partial charge in [0.15, 0.2) is 0 Å². The number of esters is 1. The molecule has 0 atom stereocenters. The molecule has 0 saturated heterocycles. The summed E-state index contributed by atoms with van der Waals surface area (Å²) in [5.41, 5.74) is 1.89. The van der Waals surface area contributed by atoms with Crippen molar-refractivity contribution < 1.29 is 19.0 Å². The van der Waals surface area contributed by atoms with Crippen LogP contribution >= 0.6 is 0 Å². The van der Waals surface area contributed by atoms with Gasteiger partial charge in [-0.15, -0.1) is 0 Å². The summed E-state index contributed by atoms with van der Waals surface area (Å²) in [7, 11) is 3.16. The van der Waals surface area contributed by atoms with Crippen molar-refractivity contribution in [1.82, 2.24) is 4.98 Å². The van der Waals surface area contributed by atoms with E-state index < -0.39 is 0 Å². The molecule has 0 unspecified atom stereocenters. The molecule has 0 saturated carbocycles. The summed E-state index contributed by atoms with van der Waals surface area (Å²) in [4.78, 5) is 16.0. The Morgan fingerprint density at radius 1 is 1.17 bits per heavy atom. The molecule has 0 fully saturated rings. The molecule has 1 heterocycles. The van der Waals surface area contributed by atoms with Gasteiger partial charge in [-0.1, -0.05) is 6.07 Å². The Hall–Kier alpha value is -2.56. The number of aromatic nitrogens is 1. The summed E-state index contributed by atoms with van der Waals surface area (Å²) < 4.78 is 15.7. The predicted molar refractivity (Wildman–Crippen MR) is 86.8 cm³/mol. The molecule has 1 aromatic heterocycles. The van der Waals surface area contributed by atoms with Gasteiger partial charge in [-0.05, 0) is 42.7 Å². The minimum Gasteiger partial charge on any atom is -0.497 e. The summed E-state index contributed by atoms with van der Waals surface area (Å²) in [6.45, 7) is 0.389. The molecular weight excluding hydrogens is 294 g/mol. The van der Waals surface area contributed by atoms with Crippen LogP contribution < -0.4 is 9.47 Å². The second-order valence-corrected chi connectivity index (χ2v) is 5.04. The van der Waals surface area contributed by atoms with Crippen LogP contribution in [0.4, 0.5) is 0 Å². The summed E-state index contributed by atoms with van der Waals surface area (Å²) >= 11 is 0. The molecule has 0 radical (unpaired) electrons. The fourth-order valence-electron chi connectivity index (χ4n) is 2.23. The fraction of sp³-hybridized carbons (Fsp3) is 0.333. The summed E-state index contributed by atoms with van der Waals surface area (Å²) in [6, 6.07) is 9.27. The zero-order valence-electron chi connectivity index (χ0n) is 13.5. The largest absolute Gasteiger partial charge is 0.497 e. The molecule has 1 aromatic carbocycles. The number of pyridine rings is 1. The number of rotatable bonds is 8. The molecule has 0 bridgehead atoms. The monoisotopic (exact) mass is 315 g/mol. The number of nitrogens with zero attached hydrogens (tertiary/aromatic N) is 1. The number of methoxy groups -OCH3 is 2. The van der Waals surface area contributed by atoms with Crippen LogP contribution in [0.3, 0.4) is 0 Å². The quantitative estimate of drug-likeness (QED) is 0.554. The minimum absolute atomic E-state index is 0.160. The van der Waals surface area contributed by atoms with Crippen molar-refractivity contribution in [2.24, 2.45) is 0 Å². The molecule has 0 aliphatic rings. The standard InChI is InChI=1S/C18H21NO4/c1-21-16-7-8-17(22-2)15(11-16)12-18(20)23-10-4-6-14-5-3-9-19-13-14/h3,5,7-9,11,13H,4,6,10,12H2,1-2H3. The SMILES string of the molecule is COc1ccc(OC)c(CC(=O)OCCCc2cccnc2)c1. The average Bonchev–Trinajstić information content (AvgIpc) is 2.59. The molecule has 2 aromatic rings. The normalized spacial score (nSPS) is 10.2. The maximum atomic E-state index is 12.0. The molecule has 0 amide bonds. The number of aryl methyl sites for hydroxylation is 1. The van der Waals surface area contributed by atoms with Gasteiger partial charge in [-0.3, -0.25) is 9.78 Å². The number of ether oxygens (including phenoxy) is 3. The maximum Gasteiger partial charge on any atom is 0.310 e. The van der Waals surface area contributed by atoms with E-state index in [1.807, 2.05) is 18.3 Å². The number of hydrogen-bond donors (Lipinski definition) is 0. The van der Waals surface area contributed by atoms with Crippen LogP contribution in [0.15, 0.2) is 42.7 Å². The van der Waals surface area contributed by atoms with Gasteiger partial charge < -0.3 is 14.2 Å². The highest BCUT2D eigenvalue weighted by Gasteiger charge is 2.11. The smallest absolute Gasteiger partial charge is 0.310 e. The van der Waals surface area contributed by atoms with Gasteiger partial charge in [-0.25, -0.2) is 0 Å². The van der Waals surface area contributed by atoms with Crippen LogP contribution in [-0.4, -0.2) is 31.8 Å². The highest BCUT2D eigenvalue weighted by atomic mass is 16.5. The third kappa shape index (κ3) is 5.29. The van der Waals surface area contributed by atoms with Gasteiger partial charge >= 0.3 is 5.97 Å². The molecular formula is C18H21NO4. The molecule has 0 spiro atoms. The van der Waals surface area contributed by atoms with Crippen LogP contribution in [0, 0.1) is 0 Å². The van der Waals surface area contributed by atoms with E-state index >= 15 is 0 Å². The van der Waals surface area contributed by atoms with Gasteiger partial charge in [0.2, 0.25) is 0 Å². The van der Waals surface area contributed by atoms with Crippen molar-refractivity contribution in [3.63, 3.8) is 0 Å². The molecule has 0 aliphatic heterocycles. The van der Waals surface area contributed by atoms with E-state index in [0.29, 0.717) is 18.1 Å². The second-order valence-electron chi connectivity index (χ2n) is 5.04. The molecule has 23 heavy (non-hydrogen) atoms. The Morgan fingerprint density at radius 3 is 2.74 bits per heavy atom. The predicted octanol–water partition coefficient (Wildman–Crippen LogP) is 2.82. The minimum atomic E-state index is -0.275. The Balaban J connectivity index is 1.80. The Bertz CT molecular complexity index is 628. The van der Waals surface area contributed by atoms with Crippen molar-refractivity contribution in [3.8, 4) is 11.5 Å². The van der Waals surface area contributed by atoms with Gasteiger partial charge in [-0.2, -0.15) is 0 Å². The molecule has 5 heteroatoms. The van der Waals surface area contributed by atoms with E-state index in [1.54, 1.807) is 38.6 Å². The van der Waals surface area contributed by atoms with Crippen LogP contribution in [-0.2, 0) is 22.4 Å². The first-order valence-electron chi connectivity index (χ1n) is 7.48. The van der Waals surface area contributed by atoms with Gasteiger partial charge in [0.1, 0.15) is 11.5 Å². The zero-order chi connectivity index (χ0) is 16.5. The first-order valence-corrected chi connectivity index (χ1v) is 7.48. The molecule has 2 rings (SSSR count). The van der Waals surface area contributed by atoms with E-state index in [4.69, 9.17) is 14.2 Å². The summed E-state index contributed by atoms with van der Waals surface area (Å²) in [6.07, 6.45) is 5.33. The lowest BCUT2D eigenvalue weighted by Crippen LogP contribution is -2.10. The Labute approximate surface area is 136 Å². The highest BCUT2D eigenvalue weighted by molar-refractivity contribution is 5.73. The molecule has 5 nitrogen and oxygen atoms in total. The van der Waals surface area contributed by atoms with E-state index in [1.165, 1.54) is 0 Å². The Morgan fingerprint density at radius 2 is 2.04 bits per heavy atom.